The highest BCUT2D eigenvalue weighted by atomic mass is 19.4. The van der Waals surface area contributed by atoms with E-state index in [0.717, 1.165) is 61.9 Å². The van der Waals surface area contributed by atoms with E-state index in [9.17, 15) is 18.0 Å². The maximum absolute atomic E-state index is 13.4. The van der Waals surface area contributed by atoms with Crippen molar-refractivity contribution in [3.63, 3.8) is 0 Å². The predicted molar refractivity (Wildman–Crippen MR) is 146 cm³/mol. The van der Waals surface area contributed by atoms with Crippen LogP contribution in [-0.2, 0) is 13.2 Å². The minimum absolute atomic E-state index is 0.140. The zero-order chi connectivity index (χ0) is 28.6. The average Bonchev–Trinajstić information content (AvgIpc) is 3.30. The molecule has 5 rings (SSSR count). The first-order valence-corrected chi connectivity index (χ1v) is 12.9. The number of rotatable bonds is 6. The zero-order valence-electron chi connectivity index (χ0n) is 22.6. The third kappa shape index (κ3) is 5.57. The number of nitrogens with one attached hydrogen (secondary N) is 2. The molecule has 9 nitrogen and oxygen atoms in total. The molecule has 40 heavy (non-hydrogen) atoms. The van der Waals surface area contributed by atoms with E-state index in [0.29, 0.717) is 22.8 Å². The van der Waals surface area contributed by atoms with E-state index in [2.05, 4.69) is 27.7 Å². The highest BCUT2D eigenvalue weighted by Gasteiger charge is 2.35. The molecule has 0 aliphatic carbocycles. The number of hydrogen-bond donors (Lipinski definition) is 2. The molecule has 0 unspecified atom stereocenters. The van der Waals surface area contributed by atoms with Gasteiger partial charge in [-0.3, -0.25) is 9.48 Å². The molecule has 0 radical (unpaired) electrons. The number of benzene rings is 2. The van der Waals surface area contributed by atoms with E-state index in [1.807, 2.05) is 20.0 Å². The second-order valence-corrected chi connectivity index (χ2v) is 10.0. The topological polar surface area (TPSA) is 97.2 Å². The van der Waals surface area contributed by atoms with Crippen LogP contribution in [0.15, 0.2) is 42.6 Å². The molecule has 2 aromatic carbocycles. The Labute approximate surface area is 229 Å². The lowest BCUT2D eigenvalue weighted by Gasteiger charge is -2.28. The van der Waals surface area contributed by atoms with Crippen LogP contribution < -0.4 is 15.4 Å². The van der Waals surface area contributed by atoms with Gasteiger partial charge in [-0.05, 0) is 75.8 Å². The third-order valence-electron chi connectivity index (χ3n) is 7.21. The van der Waals surface area contributed by atoms with E-state index >= 15 is 0 Å². The Morgan fingerprint density at radius 3 is 2.52 bits per heavy atom. The predicted octanol–water partition coefficient (Wildman–Crippen LogP) is 5.50. The number of amides is 1. The number of nitrogens with zero attached hydrogens (tertiary/aromatic N) is 5. The molecule has 12 heteroatoms. The summed E-state index contributed by atoms with van der Waals surface area (Å²) in [5, 5.41) is 11.2. The van der Waals surface area contributed by atoms with E-state index < -0.39 is 17.6 Å². The first kappa shape index (κ1) is 27.4. The van der Waals surface area contributed by atoms with Crippen LogP contribution in [-0.4, -0.2) is 57.8 Å². The number of aryl methyl sites for hydroxylation is 2. The molecule has 0 saturated carbocycles. The van der Waals surface area contributed by atoms with Crippen molar-refractivity contribution < 1.29 is 22.7 Å². The third-order valence-corrected chi connectivity index (χ3v) is 7.21. The van der Waals surface area contributed by atoms with E-state index in [1.165, 1.54) is 6.07 Å². The van der Waals surface area contributed by atoms with Crippen LogP contribution in [0.4, 0.5) is 30.4 Å². The Morgan fingerprint density at radius 1 is 1.07 bits per heavy atom. The second-order valence-electron chi connectivity index (χ2n) is 10.0. The minimum atomic E-state index is -4.66. The largest absolute Gasteiger partial charge is 0.496 e. The fourth-order valence-corrected chi connectivity index (χ4v) is 4.82. The molecule has 0 spiro atoms. The lowest BCUT2D eigenvalue weighted by atomic mass is 9.96. The van der Waals surface area contributed by atoms with Gasteiger partial charge in [0.05, 0.1) is 24.3 Å². The Bertz CT molecular complexity index is 1560. The summed E-state index contributed by atoms with van der Waals surface area (Å²) in [7, 11) is 5.09. The number of fused-ring (bicyclic) bond motifs is 1. The van der Waals surface area contributed by atoms with Gasteiger partial charge in [0.1, 0.15) is 17.4 Å². The van der Waals surface area contributed by atoms with Crippen LogP contribution in [0.5, 0.6) is 5.75 Å². The Balaban J connectivity index is 1.43. The highest BCUT2D eigenvalue weighted by molar-refractivity contribution is 6.05. The van der Waals surface area contributed by atoms with Gasteiger partial charge in [-0.15, -0.1) is 0 Å². The number of hydrogen-bond acceptors (Lipinski definition) is 7. The molecule has 4 aromatic rings. The Hall–Kier alpha value is -4.19. The van der Waals surface area contributed by atoms with E-state index in [1.54, 1.807) is 23.0 Å². The van der Waals surface area contributed by atoms with Crippen LogP contribution in [0.1, 0.15) is 46.1 Å². The van der Waals surface area contributed by atoms with Crippen LogP contribution in [0.3, 0.4) is 0 Å². The lowest BCUT2D eigenvalue weighted by Crippen LogP contribution is -2.30. The summed E-state index contributed by atoms with van der Waals surface area (Å²) in [5.41, 5.74) is 1.54. The zero-order valence-corrected chi connectivity index (χ0v) is 22.6. The Kier molecular flexibility index (Phi) is 7.37. The van der Waals surface area contributed by atoms with Gasteiger partial charge in [-0.25, -0.2) is 9.97 Å². The number of halogens is 3. The summed E-state index contributed by atoms with van der Waals surface area (Å²) in [6, 6.07) is 8.44. The second kappa shape index (κ2) is 10.8. The van der Waals surface area contributed by atoms with Crippen molar-refractivity contribution in [1.29, 1.82) is 0 Å². The number of ether oxygens (including phenoxy) is 1. The normalized spacial score (nSPS) is 14.9. The summed E-state index contributed by atoms with van der Waals surface area (Å²) in [5.74, 6) is 0.562. The maximum atomic E-state index is 13.4. The van der Waals surface area contributed by atoms with E-state index in [4.69, 9.17) is 14.7 Å². The number of piperidine rings is 1. The SMILES string of the molecule is COc1ccc(C(=O)Nc2ccc(C)c(Nc3nc(C4CCN(C)CC4)nc4c3cnn4C)c2)cc1C(F)(F)F. The van der Waals surface area contributed by atoms with Gasteiger partial charge in [0.15, 0.2) is 5.65 Å². The van der Waals surface area contributed by atoms with Crippen LogP contribution in [0.2, 0.25) is 0 Å². The van der Waals surface area contributed by atoms with Crippen molar-refractivity contribution in [2.45, 2.75) is 31.9 Å². The van der Waals surface area contributed by atoms with Crippen LogP contribution in [0, 0.1) is 6.92 Å². The highest BCUT2D eigenvalue weighted by Crippen LogP contribution is 2.37. The first-order valence-electron chi connectivity index (χ1n) is 12.9. The number of likely N-dealkylation sites (tertiary alicyclic amines) is 1. The van der Waals surface area contributed by atoms with Gasteiger partial charge < -0.3 is 20.3 Å². The number of methoxy groups -OCH3 is 1. The molecule has 3 heterocycles. The van der Waals surface area contributed by atoms with Crippen molar-refractivity contribution in [2.24, 2.45) is 7.05 Å². The number of aromatic nitrogens is 4. The van der Waals surface area contributed by atoms with Crippen LogP contribution in [0.25, 0.3) is 11.0 Å². The molecular weight excluding hydrogens is 523 g/mol. The molecule has 1 aliphatic rings. The molecule has 0 atom stereocenters. The number of alkyl halides is 3. The van der Waals surface area contributed by atoms with Gasteiger partial charge >= 0.3 is 6.18 Å². The van der Waals surface area contributed by atoms with Crippen molar-refractivity contribution in [1.82, 2.24) is 24.6 Å². The lowest BCUT2D eigenvalue weighted by molar-refractivity contribution is -0.138. The summed E-state index contributed by atoms with van der Waals surface area (Å²) in [4.78, 5) is 24.9. The maximum Gasteiger partial charge on any atom is 0.419 e. The van der Waals surface area contributed by atoms with Gasteiger partial charge in [-0.1, -0.05) is 6.07 Å². The first-order chi connectivity index (χ1) is 19.0. The average molecular weight is 554 g/mol. The minimum Gasteiger partial charge on any atom is -0.496 e. The van der Waals surface area contributed by atoms with Crippen molar-refractivity contribution in [3.8, 4) is 5.75 Å². The molecule has 1 aliphatic heterocycles. The van der Waals surface area contributed by atoms with E-state index in [-0.39, 0.29) is 17.2 Å². The summed E-state index contributed by atoms with van der Waals surface area (Å²) in [6.07, 6.45) is -1.04. The summed E-state index contributed by atoms with van der Waals surface area (Å²) >= 11 is 0. The van der Waals surface area contributed by atoms with Gasteiger partial charge in [0.25, 0.3) is 5.91 Å². The van der Waals surface area contributed by atoms with Gasteiger partial charge in [0.2, 0.25) is 0 Å². The molecule has 1 saturated heterocycles. The van der Waals surface area contributed by atoms with Crippen LogP contribution >= 0.6 is 0 Å². The number of carbonyl (C=O) groups excluding carboxylic acids is 1. The molecule has 2 N–H and O–H groups in total. The smallest absolute Gasteiger partial charge is 0.419 e. The molecule has 210 valence electrons. The number of carbonyl (C=O) groups is 1. The summed E-state index contributed by atoms with van der Waals surface area (Å²) < 4.78 is 46.9. The molecule has 1 amide bonds. The standard InChI is InChI=1S/C28H30F3N7O2/c1-16-5-7-19(33-27(39)18-6-8-23(40-4)21(13-18)28(29,30)31)14-22(16)34-25-20-15-32-38(3)26(20)36-24(35-25)17-9-11-37(2)12-10-17/h5-8,13-15,17H,9-12H2,1-4H3,(H,33,39)(H,34,35,36). The van der Waals surface area contributed by atoms with Crippen molar-refractivity contribution in [2.75, 3.05) is 37.9 Å². The molecule has 0 bridgehead atoms. The van der Waals surface area contributed by atoms with Gasteiger partial charge in [-0.2, -0.15) is 18.3 Å². The molecular formula is C28H30F3N7O2. The summed E-state index contributed by atoms with van der Waals surface area (Å²) in [6.45, 7) is 3.85. The van der Waals surface area contributed by atoms with Gasteiger partial charge in [0, 0.05) is 29.9 Å². The fraction of sp³-hybridized carbons (Fsp3) is 0.357. The van der Waals surface area contributed by atoms with Crippen molar-refractivity contribution in [3.05, 3.63) is 65.1 Å². The monoisotopic (exact) mass is 553 g/mol. The van der Waals surface area contributed by atoms with Crippen molar-refractivity contribution >= 4 is 34.1 Å². The Morgan fingerprint density at radius 2 is 1.82 bits per heavy atom. The quantitative estimate of drug-likeness (QED) is 0.325. The molecule has 2 aromatic heterocycles. The number of anilines is 3. The fourth-order valence-electron chi connectivity index (χ4n) is 4.82. The molecule has 1 fully saturated rings.